The van der Waals surface area contributed by atoms with Crippen LogP contribution < -0.4 is 25.4 Å². The molecule has 1 atom stereocenters. The maximum atomic E-state index is 12.3. The van der Waals surface area contributed by atoms with Crippen molar-refractivity contribution >= 4 is 119 Å². The zero-order valence-electron chi connectivity index (χ0n) is 32.5. The Morgan fingerprint density at radius 3 is 1.29 bits per heavy atom. The first-order chi connectivity index (χ1) is 27.6. The summed E-state index contributed by atoms with van der Waals surface area (Å²) in [5.41, 5.74) is 2.20. The van der Waals surface area contributed by atoms with E-state index in [1.807, 2.05) is 0 Å². The quantitative estimate of drug-likeness (QED) is 0.0774. The molecular formula is C41H41Br2Cl4N3O9. The molecule has 3 amide bonds. The van der Waals surface area contributed by atoms with Crippen molar-refractivity contribution < 1.29 is 43.7 Å². The van der Waals surface area contributed by atoms with Gasteiger partial charge in [-0.05, 0) is 110 Å². The molecule has 0 heterocycles. The smallest absolute Gasteiger partial charge is 0.326 e. The van der Waals surface area contributed by atoms with E-state index in [4.69, 9.17) is 61.0 Å². The summed E-state index contributed by atoms with van der Waals surface area (Å²) in [4.78, 5) is 58.1. The molecule has 0 bridgehead atoms. The Kier molecular flexibility index (Phi) is 18.8. The third kappa shape index (κ3) is 15.2. The predicted molar refractivity (Wildman–Crippen MR) is 238 cm³/mol. The van der Waals surface area contributed by atoms with Crippen molar-refractivity contribution in [3.63, 3.8) is 0 Å². The van der Waals surface area contributed by atoms with Gasteiger partial charge >= 0.3 is 11.9 Å². The molecule has 0 aliphatic heterocycles. The van der Waals surface area contributed by atoms with Crippen LogP contribution in [0.4, 0.5) is 11.4 Å². The monoisotopic (exact) mass is 1020 g/mol. The molecule has 0 fully saturated rings. The van der Waals surface area contributed by atoms with Gasteiger partial charge in [-0.2, -0.15) is 0 Å². The van der Waals surface area contributed by atoms with Crippen molar-refractivity contribution in [3.8, 4) is 23.0 Å². The molecule has 5 N–H and O–H groups in total. The lowest BCUT2D eigenvalue weighted by atomic mass is 10.0. The van der Waals surface area contributed by atoms with Crippen molar-refractivity contribution in [1.29, 1.82) is 0 Å². The molecule has 0 spiro atoms. The minimum atomic E-state index is -1.10. The van der Waals surface area contributed by atoms with Gasteiger partial charge in [0.25, 0.3) is 0 Å². The van der Waals surface area contributed by atoms with Gasteiger partial charge in [0.2, 0.25) is 17.7 Å². The van der Waals surface area contributed by atoms with E-state index in [2.05, 4.69) is 47.8 Å². The van der Waals surface area contributed by atoms with Crippen LogP contribution >= 0.6 is 78.3 Å². The second-order valence-corrected chi connectivity index (χ2v) is 17.3. The molecule has 316 valence electrons. The predicted octanol–water partition coefficient (Wildman–Crippen LogP) is 11.7. The molecule has 0 aromatic heterocycles. The van der Waals surface area contributed by atoms with Crippen molar-refractivity contribution in [2.45, 2.75) is 60.4 Å². The molecule has 0 saturated carbocycles. The number of carboxylic acid groups (broad SMARTS) is 2. The fraction of sp³-hybridized carbons (Fsp3) is 0.293. The second-order valence-electron chi connectivity index (χ2n) is 13.9. The third-order valence-corrected chi connectivity index (χ3v) is 10.4. The van der Waals surface area contributed by atoms with E-state index in [0.717, 1.165) is 0 Å². The van der Waals surface area contributed by atoms with E-state index in [1.165, 1.54) is 12.1 Å². The Labute approximate surface area is 378 Å². The topological polar surface area (TPSA) is 180 Å². The van der Waals surface area contributed by atoms with E-state index < -0.39 is 23.9 Å². The van der Waals surface area contributed by atoms with Gasteiger partial charge in [0.15, 0.2) is 11.5 Å². The molecule has 12 nitrogen and oxygen atoms in total. The Morgan fingerprint density at radius 1 is 0.610 bits per heavy atom. The average molecular weight is 1020 g/mol. The molecule has 0 radical (unpaired) electrons. The molecule has 4 aromatic carbocycles. The third-order valence-electron chi connectivity index (χ3n) is 7.97. The summed E-state index contributed by atoms with van der Waals surface area (Å²) >= 11 is 31.8. The molecule has 0 unspecified atom stereocenters. The van der Waals surface area contributed by atoms with Crippen LogP contribution in [0.2, 0.25) is 20.1 Å². The molecule has 0 saturated heterocycles. The second kappa shape index (κ2) is 22.5. The highest BCUT2D eigenvalue weighted by Crippen LogP contribution is 2.40. The van der Waals surface area contributed by atoms with E-state index in [9.17, 15) is 29.1 Å². The number of aliphatic carboxylic acids is 2. The fourth-order valence-electron chi connectivity index (χ4n) is 4.83. The van der Waals surface area contributed by atoms with Gasteiger partial charge in [-0.1, -0.05) is 87.9 Å². The van der Waals surface area contributed by atoms with Gasteiger partial charge in [-0.3, -0.25) is 19.2 Å². The lowest BCUT2D eigenvalue weighted by molar-refractivity contribution is -0.143. The van der Waals surface area contributed by atoms with Crippen LogP contribution in [-0.4, -0.2) is 45.9 Å². The van der Waals surface area contributed by atoms with Crippen LogP contribution in [0.5, 0.6) is 23.0 Å². The highest BCUT2D eigenvalue weighted by Gasteiger charge is 2.24. The van der Waals surface area contributed by atoms with Gasteiger partial charge in [0.1, 0.15) is 17.5 Å². The van der Waals surface area contributed by atoms with Gasteiger partial charge in [0, 0.05) is 20.8 Å². The van der Waals surface area contributed by atoms with Crippen LogP contribution in [0.15, 0.2) is 69.6 Å². The van der Waals surface area contributed by atoms with Crippen LogP contribution in [0.1, 0.15) is 52.7 Å². The summed E-state index contributed by atoms with van der Waals surface area (Å²) in [6, 6.07) is 15.2. The summed E-state index contributed by atoms with van der Waals surface area (Å²) in [5, 5.41) is 27.0. The SMILES string of the molecule is CC(C)C(=O)Nc1ccc(Oc2c(Cl)cc(CC(=O)N[C@H](C(=O)O)C(C)C)cc2Cl)cc1Br.CC(C)C(=O)Nc1ccc(Oc2c(Cl)cc(CC(=O)O)cc2Cl)cc1Br. The van der Waals surface area contributed by atoms with Crippen LogP contribution in [0.3, 0.4) is 0 Å². The number of carbonyl (C=O) groups excluding carboxylic acids is 3. The lowest BCUT2D eigenvalue weighted by Gasteiger charge is -2.18. The standard InChI is InChI=1S/C23H25BrCl2N2O5.C18H16BrCl2NO4/c1-11(2)20(23(31)32)28-19(29)9-13-7-16(25)21(17(26)8-13)33-14-5-6-18(15(24)10-14)27-22(30)12(3)4;1-9(2)18(25)22-15-4-3-11(8-12(15)19)26-17-13(20)5-10(6-14(17)21)7-16(23)24/h5-8,10-12,20H,9H2,1-4H3,(H,27,30)(H,28,29)(H,31,32);3-6,8-9H,7H2,1-2H3,(H,22,25)(H,23,24)/t20-;/m0./s1. The molecule has 59 heavy (non-hydrogen) atoms. The maximum absolute atomic E-state index is 12.3. The number of hydrogen-bond acceptors (Lipinski definition) is 7. The number of ether oxygens (including phenoxy) is 2. The highest BCUT2D eigenvalue weighted by molar-refractivity contribution is 9.11. The molecule has 18 heteroatoms. The first kappa shape index (κ1) is 49.3. The summed E-state index contributed by atoms with van der Waals surface area (Å²) in [7, 11) is 0. The van der Waals surface area contributed by atoms with Gasteiger partial charge in [0.05, 0.1) is 44.3 Å². The Bertz CT molecular complexity index is 2170. The number of carbonyl (C=O) groups is 5. The van der Waals surface area contributed by atoms with Crippen molar-refractivity contribution in [3.05, 3.63) is 101 Å². The summed E-state index contributed by atoms with van der Waals surface area (Å²) < 4.78 is 12.8. The first-order valence-corrected chi connectivity index (χ1v) is 20.9. The van der Waals surface area contributed by atoms with Crippen molar-refractivity contribution in [1.82, 2.24) is 5.32 Å². The van der Waals surface area contributed by atoms with E-state index in [0.29, 0.717) is 42.9 Å². The number of halogens is 6. The normalized spacial score (nSPS) is 11.4. The van der Waals surface area contributed by atoms with Gasteiger partial charge in [-0.15, -0.1) is 0 Å². The number of amides is 3. The number of benzene rings is 4. The largest absolute Gasteiger partial charge is 0.481 e. The average Bonchev–Trinajstić information content (AvgIpc) is 3.12. The maximum Gasteiger partial charge on any atom is 0.326 e. The van der Waals surface area contributed by atoms with E-state index in [-0.39, 0.29) is 74.0 Å². The molecular weight excluding hydrogens is 980 g/mol. The number of hydrogen-bond donors (Lipinski definition) is 5. The van der Waals surface area contributed by atoms with Crippen LogP contribution in [-0.2, 0) is 36.8 Å². The molecule has 4 rings (SSSR count). The molecule has 0 aliphatic rings. The Morgan fingerprint density at radius 2 is 0.983 bits per heavy atom. The highest BCUT2D eigenvalue weighted by atomic mass is 79.9. The Hall–Kier alpha value is -4.05. The minimum absolute atomic E-state index is 0.0913. The van der Waals surface area contributed by atoms with E-state index in [1.54, 1.807) is 90.1 Å². The zero-order chi connectivity index (χ0) is 44.3. The summed E-state index contributed by atoms with van der Waals surface area (Å²) in [6.07, 6.45) is -0.276. The molecule has 0 aliphatic carbocycles. The summed E-state index contributed by atoms with van der Waals surface area (Å²) in [6.45, 7) is 10.6. The number of nitrogens with one attached hydrogen (secondary N) is 3. The summed E-state index contributed by atoms with van der Waals surface area (Å²) in [5.74, 6) is -1.99. The number of anilines is 2. The van der Waals surface area contributed by atoms with Crippen molar-refractivity contribution in [2.24, 2.45) is 17.8 Å². The Balaban J connectivity index is 0.000000324. The lowest BCUT2D eigenvalue weighted by Crippen LogP contribution is -2.44. The van der Waals surface area contributed by atoms with Gasteiger partial charge < -0.3 is 35.6 Å². The number of rotatable bonds is 15. The zero-order valence-corrected chi connectivity index (χ0v) is 38.7. The molecule has 4 aromatic rings. The first-order valence-electron chi connectivity index (χ1n) is 17.8. The van der Waals surface area contributed by atoms with Gasteiger partial charge in [-0.25, -0.2) is 4.79 Å². The van der Waals surface area contributed by atoms with Crippen LogP contribution in [0, 0.1) is 17.8 Å². The van der Waals surface area contributed by atoms with Crippen molar-refractivity contribution in [2.75, 3.05) is 10.6 Å². The number of carboxylic acids is 2. The van der Waals surface area contributed by atoms with Crippen LogP contribution in [0.25, 0.3) is 0 Å². The fourth-order valence-corrected chi connectivity index (χ4v) is 6.97. The minimum Gasteiger partial charge on any atom is -0.481 e. The van der Waals surface area contributed by atoms with E-state index >= 15 is 0 Å².